The molecule has 0 radical (unpaired) electrons. The SMILES string of the molecule is CC1(OCCC(C(=O)Nc2ccc(C(N)=O)cc2)n2cc3c(cc2=O)-c2cc(Cl)ccc2C[C@@H](C(F)(F)F)CO3)CCC1. The Morgan fingerprint density at radius 2 is 1.88 bits per heavy atom. The summed E-state index contributed by atoms with van der Waals surface area (Å²) in [4.78, 5) is 38.6. The zero-order valence-electron chi connectivity index (χ0n) is 23.4. The van der Waals surface area contributed by atoms with Crippen LogP contribution in [0.5, 0.6) is 5.75 Å². The summed E-state index contributed by atoms with van der Waals surface area (Å²) in [6, 6.07) is 10.6. The quantitative estimate of drug-likeness (QED) is 0.326. The molecule has 0 bridgehead atoms. The van der Waals surface area contributed by atoms with Crippen molar-refractivity contribution < 1.29 is 32.2 Å². The number of halogens is 4. The predicted octanol–water partition coefficient (Wildman–Crippen LogP) is 5.91. The minimum Gasteiger partial charge on any atom is -0.491 e. The first-order valence-corrected chi connectivity index (χ1v) is 14.3. The molecule has 1 aliphatic heterocycles. The van der Waals surface area contributed by atoms with Gasteiger partial charge in [-0.15, -0.1) is 0 Å². The van der Waals surface area contributed by atoms with Gasteiger partial charge in [-0.2, -0.15) is 13.2 Å². The predicted molar refractivity (Wildman–Crippen MR) is 155 cm³/mol. The third-order valence-electron chi connectivity index (χ3n) is 8.10. The molecule has 2 heterocycles. The average molecular weight is 618 g/mol. The molecular weight excluding hydrogens is 587 g/mol. The molecule has 2 aromatic carbocycles. The number of nitrogens with zero attached hydrogens (tertiary/aromatic N) is 1. The number of carbonyl (C=O) groups is 2. The second-order valence-corrected chi connectivity index (χ2v) is 11.7. The third-order valence-corrected chi connectivity index (χ3v) is 8.34. The van der Waals surface area contributed by atoms with E-state index in [0.29, 0.717) is 27.4 Å². The molecule has 3 N–H and O–H groups in total. The van der Waals surface area contributed by atoms with Crippen LogP contribution in [-0.4, -0.2) is 41.4 Å². The molecule has 8 nitrogen and oxygen atoms in total. The van der Waals surface area contributed by atoms with Crippen LogP contribution in [0.4, 0.5) is 18.9 Å². The second-order valence-electron chi connectivity index (χ2n) is 11.2. The van der Waals surface area contributed by atoms with Gasteiger partial charge in [0.25, 0.3) is 5.56 Å². The lowest BCUT2D eigenvalue weighted by molar-refractivity contribution is -0.181. The highest BCUT2D eigenvalue weighted by molar-refractivity contribution is 6.30. The fourth-order valence-electron chi connectivity index (χ4n) is 5.38. The van der Waals surface area contributed by atoms with Crippen LogP contribution in [0.3, 0.4) is 0 Å². The van der Waals surface area contributed by atoms with Crippen molar-refractivity contribution in [2.45, 2.75) is 56.8 Å². The lowest BCUT2D eigenvalue weighted by Crippen LogP contribution is -2.39. The van der Waals surface area contributed by atoms with Crippen LogP contribution < -0.4 is 21.3 Å². The highest BCUT2D eigenvalue weighted by atomic mass is 35.5. The summed E-state index contributed by atoms with van der Waals surface area (Å²) < 4.78 is 54.5. The zero-order valence-corrected chi connectivity index (χ0v) is 24.1. The molecular formula is C31H31ClF3N3O5. The Morgan fingerprint density at radius 1 is 1.16 bits per heavy atom. The van der Waals surface area contributed by atoms with Crippen LogP contribution in [0.15, 0.2) is 59.5 Å². The van der Waals surface area contributed by atoms with Crippen molar-refractivity contribution in [3.63, 3.8) is 0 Å². The van der Waals surface area contributed by atoms with Crippen LogP contribution in [0.1, 0.15) is 54.6 Å². The largest absolute Gasteiger partial charge is 0.491 e. The molecule has 228 valence electrons. The zero-order chi connectivity index (χ0) is 30.9. The van der Waals surface area contributed by atoms with Crippen molar-refractivity contribution in [3.05, 3.63) is 81.2 Å². The van der Waals surface area contributed by atoms with Crippen LogP contribution in [-0.2, 0) is 16.0 Å². The number of anilines is 1. The van der Waals surface area contributed by atoms with Crippen molar-refractivity contribution >= 4 is 29.1 Å². The monoisotopic (exact) mass is 617 g/mol. The summed E-state index contributed by atoms with van der Waals surface area (Å²) in [5.41, 5.74) is 6.08. The Morgan fingerprint density at radius 3 is 2.51 bits per heavy atom. The van der Waals surface area contributed by atoms with Gasteiger partial charge >= 0.3 is 6.18 Å². The first-order valence-electron chi connectivity index (χ1n) is 13.9. The van der Waals surface area contributed by atoms with Crippen molar-refractivity contribution in [3.8, 4) is 16.9 Å². The lowest BCUT2D eigenvalue weighted by atomic mass is 9.82. The number of ether oxygens (including phenoxy) is 2. The van der Waals surface area contributed by atoms with E-state index in [2.05, 4.69) is 5.32 Å². The molecule has 5 rings (SSSR count). The van der Waals surface area contributed by atoms with Crippen LogP contribution >= 0.6 is 11.6 Å². The van der Waals surface area contributed by atoms with Gasteiger partial charge in [-0.25, -0.2) is 0 Å². The standard InChI is InChI=1S/C31H31ClF3N3O5/c1-30(10-2-11-30)43-12-9-25(29(41)37-22-7-4-18(5-8-22)28(36)40)38-16-26-24(15-27(38)39)23-14-21(32)6-3-19(23)13-20(17-42-26)31(33,34)35/h3-8,14-16,20,25H,2,9-13,17H2,1H3,(H2,36,40)(H,37,41)/t20-,25?/m1/s1. The lowest BCUT2D eigenvalue weighted by Gasteiger charge is -2.38. The molecule has 2 amide bonds. The van der Waals surface area contributed by atoms with E-state index in [-0.39, 0.29) is 36.4 Å². The number of carbonyl (C=O) groups excluding carboxylic acids is 2. The van der Waals surface area contributed by atoms with E-state index in [1.165, 1.54) is 54.7 Å². The van der Waals surface area contributed by atoms with Gasteiger partial charge in [0, 0.05) is 40.9 Å². The number of amides is 2. The molecule has 1 aromatic heterocycles. The number of aromatic nitrogens is 1. The molecule has 1 aliphatic carbocycles. The van der Waals surface area contributed by atoms with Crippen molar-refractivity contribution in [1.29, 1.82) is 0 Å². The van der Waals surface area contributed by atoms with E-state index in [0.717, 1.165) is 23.8 Å². The number of hydrogen-bond acceptors (Lipinski definition) is 5. The van der Waals surface area contributed by atoms with Gasteiger partial charge in [0.1, 0.15) is 18.4 Å². The molecule has 1 fully saturated rings. The minimum atomic E-state index is -4.52. The van der Waals surface area contributed by atoms with Gasteiger partial charge in [0.2, 0.25) is 11.8 Å². The number of nitrogens with one attached hydrogen (secondary N) is 1. The maximum atomic E-state index is 13.9. The van der Waals surface area contributed by atoms with E-state index in [9.17, 15) is 27.6 Å². The van der Waals surface area contributed by atoms with Crippen LogP contribution in [0.25, 0.3) is 11.1 Å². The topological polar surface area (TPSA) is 113 Å². The number of primary amides is 1. The average Bonchev–Trinajstić information content (AvgIpc) is 2.92. The van der Waals surface area contributed by atoms with E-state index in [4.69, 9.17) is 26.8 Å². The molecule has 43 heavy (non-hydrogen) atoms. The van der Waals surface area contributed by atoms with Crippen LogP contribution in [0.2, 0.25) is 5.02 Å². The van der Waals surface area contributed by atoms with Crippen molar-refractivity contribution in [2.75, 3.05) is 18.5 Å². The second kappa shape index (κ2) is 12.0. The Bertz CT molecular complexity index is 1580. The highest BCUT2D eigenvalue weighted by Gasteiger charge is 2.41. The summed E-state index contributed by atoms with van der Waals surface area (Å²) in [6.07, 6.45) is -0.679. The van der Waals surface area contributed by atoms with E-state index in [1.54, 1.807) is 0 Å². The molecule has 3 aromatic rings. The number of pyridine rings is 1. The van der Waals surface area contributed by atoms with Crippen LogP contribution in [0, 0.1) is 5.92 Å². The fraction of sp³-hybridized carbons (Fsp3) is 0.387. The maximum absolute atomic E-state index is 13.9. The molecule has 1 saturated carbocycles. The molecule has 1 unspecified atom stereocenters. The number of hydrogen-bond donors (Lipinski definition) is 2. The molecule has 2 atom stereocenters. The maximum Gasteiger partial charge on any atom is 0.395 e. The van der Waals surface area contributed by atoms with E-state index >= 15 is 0 Å². The van der Waals surface area contributed by atoms with Gasteiger partial charge in [0.15, 0.2) is 0 Å². The van der Waals surface area contributed by atoms with Gasteiger partial charge in [0.05, 0.1) is 17.7 Å². The number of benzene rings is 2. The van der Waals surface area contributed by atoms with E-state index < -0.39 is 42.1 Å². The Labute approximate surface area is 250 Å². The number of fused-ring (bicyclic) bond motifs is 3. The van der Waals surface area contributed by atoms with Gasteiger partial charge in [-0.05, 0) is 80.1 Å². The normalized spacial score (nSPS) is 18.1. The molecule has 0 saturated heterocycles. The highest BCUT2D eigenvalue weighted by Crippen LogP contribution is 2.40. The third kappa shape index (κ3) is 6.88. The van der Waals surface area contributed by atoms with Crippen molar-refractivity contribution in [1.82, 2.24) is 4.57 Å². The first kappa shape index (κ1) is 30.6. The smallest absolute Gasteiger partial charge is 0.395 e. The number of alkyl halides is 3. The molecule has 2 aliphatic rings. The van der Waals surface area contributed by atoms with E-state index in [1.807, 2.05) is 6.92 Å². The summed E-state index contributed by atoms with van der Waals surface area (Å²) in [5.74, 6) is -2.95. The van der Waals surface area contributed by atoms with Gasteiger partial charge in [-0.3, -0.25) is 19.0 Å². The Kier molecular flexibility index (Phi) is 8.58. The fourth-order valence-corrected chi connectivity index (χ4v) is 5.55. The Balaban J connectivity index is 1.52. The Hall–Kier alpha value is -3.83. The van der Waals surface area contributed by atoms with Gasteiger partial charge < -0.3 is 20.5 Å². The summed E-state index contributed by atoms with van der Waals surface area (Å²) >= 11 is 6.20. The van der Waals surface area contributed by atoms with Gasteiger partial charge in [-0.1, -0.05) is 17.7 Å². The first-order chi connectivity index (χ1) is 20.3. The molecule has 12 heteroatoms. The number of rotatable bonds is 8. The summed E-state index contributed by atoms with van der Waals surface area (Å²) in [6.45, 7) is 1.48. The summed E-state index contributed by atoms with van der Waals surface area (Å²) in [7, 11) is 0. The van der Waals surface area contributed by atoms with Crippen molar-refractivity contribution in [2.24, 2.45) is 11.7 Å². The number of nitrogens with two attached hydrogens (primary N) is 1. The summed E-state index contributed by atoms with van der Waals surface area (Å²) in [5, 5.41) is 3.04. The minimum absolute atomic E-state index is 0.0209. The molecule has 0 spiro atoms.